The van der Waals surface area contributed by atoms with Crippen molar-refractivity contribution in [3.05, 3.63) is 40.4 Å². The van der Waals surface area contributed by atoms with Crippen LogP contribution in [0.15, 0.2) is 23.6 Å². The molecule has 31 heavy (non-hydrogen) atoms. The fourth-order valence-corrected chi connectivity index (χ4v) is 5.56. The third-order valence-electron chi connectivity index (χ3n) is 6.54. The van der Waals surface area contributed by atoms with Gasteiger partial charge in [0, 0.05) is 24.1 Å². The number of benzene rings is 1. The van der Waals surface area contributed by atoms with Gasteiger partial charge in [0.05, 0.1) is 17.3 Å². The van der Waals surface area contributed by atoms with Crippen LogP contribution in [0.5, 0.6) is 0 Å². The minimum absolute atomic E-state index is 0.0259. The largest absolute Gasteiger partial charge is 0.459 e. The summed E-state index contributed by atoms with van der Waals surface area (Å²) >= 11 is 1.35. The van der Waals surface area contributed by atoms with Crippen LogP contribution in [0.1, 0.15) is 55.8 Å². The molecule has 1 aromatic heterocycles. The molecule has 2 aromatic rings. The maximum absolute atomic E-state index is 12.6. The number of hydrogen-bond acceptors (Lipinski definition) is 6. The Bertz CT molecular complexity index is 999. The SMILES string of the molecule is CC(=O)N(c1ccc(C)c(C)c1)c1nc(COC(=O)C2C[C@H]3CCC[C@@H](C2)C3=O)cs1. The van der Waals surface area contributed by atoms with Crippen molar-refractivity contribution in [3.8, 4) is 0 Å². The van der Waals surface area contributed by atoms with E-state index < -0.39 is 0 Å². The Morgan fingerprint density at radius 1 is 1.16 bits per heavy atom. The Morgan fingerprint density at radius 2 is 1.87 bits per heavy atom. The lowest BCUT2D eigenvalue weighted by atomic mass is 9.67. The second kappa shape index (κ2) is 8.91. The van der Waals surface area contributed by atoms with E-state index in [0.29, 0.717) is 29.5 Å². The Balaban J connectivity index is 1.41. The molecule has 1 heterocycles. The number of aryl methyl sites for hydroxylation is 2. The van der Waals surface area contributed by atoms with Crippen molar-refractivity contribution in [1.82, 2.24) is 4.98 Å². The molecule has 2 bridgehead atoms. The van der Waals surface area contributed by atoms with Crippen LogP contribution in [-0.2, 0) is 25.7 Å². The van der Waals surface area contributed by atoms with Gasteiger partial charge in [-0.15, -0.1) is 11.3 Å². The van der Waals surface area contributed by atoms with Crippen LogP contribution >= 0.6 is 11.3 Å². The Morgan fingerprint density at radius 3 is 2.52 bits per heavy atom. The summed E-state index contributed by atoms with van der Waals surface area (Å²) in [7, 11) is 0. The summed E-state index contributed by atoms with van der Waals surface area (Å²) in [5, 5.41) is 2.37. The first-order valence-corrected chi connectivity index (χ1v) is 11.7. The molecule has 2 fully saturated rings. The normalized spacial score (nSPS) is 22.8. The van der Waals surface area contributed by atoms with Gasteiger partial charge in [-0.25, -0.2) is 4.98 Å². The minimum Gasteiger partial charge on any atom is -0.459 e. The van der Waals surface area contributed by atoms with Crippen LogP contribution in [0, 0.1) is 31.6 Å². The maximum Gasteiger partial charge on any atom is 0.309 e. The Kier molecular flexibility index (Phi) is 6.23. The van der Waals surface area contributed by atoms with E-state index in [1.165, 1.54) is 18.3 Å². The summed E-state index contributed by atoms with van der Waals surface area (Å²) in [6.07, 6.45) is 4.10. The molecular formula is C24H28N2O4S. The number of thiazole rings is 1. The highest BCUT2D eigenvalue weighted by molar-refractivity contribution is 7.14. The van der Waals surface area contributed by atoms with E-state index in [0.717, 1.165) is 36.1 Å². The summed E-state index contributed by atoms with van der Waals surface area (Å²) in [6, 6.07) is 5.87. The number of Topliss-reactive ketones (excluding diaryl/α,β-unsaturated/α-hetero) is 1. The van der Waals surface area contributed by atoms with Gasteiger partial charge in [-0.2, -0.15) is 0 Å². The highest BCUT2D eigenvalue weighted by atomic mass is 32.1. The van der Waals surface area contributed by atoms with Gasteiger partial charge in [0.2, 0.25) is 5.91 Å². The van der Waals surface area contributed by atoms with E-state index in [1.807, 2.05) is 37.4 Å². The van der Waals surface area contributed by atoms with E-state index in [4.69, 9.17) is 4.74 Å². The molecule has 1 unspecified atom stereocenters. The predicted molar refractivity (Wildman–Crippen MR) is 119 cm³/mol. The van der Waals surface area contributed by atoms with Crippen molar-refractivity contribution in [1.29, 1.82) is 0 Å². The first-order valence-electron chi connectivity index (χ1n) is 10.9. The van der Waals surface area contributed by atoms with Crippen molar-refractivity contribution in [2.75, 3.05) is 4.90 Å². The number of carbonyl (C=O) groups excluding carboxylic acids is 3. The number of aromatic nitrogens is 1. The number of fused-ring (bicyclic) bond motifs is 2. The number of anilines is 2. The van der Waals surface area contributed by atoms with Gasteiger partial charge in [0.1, 0.15) is 12.4 Å². The number of amides is 1. The van der Waals surface area contributed by atoms with E-state index in [9.17, 15) is 14.4 Å². The molecule has 2 saturated carbocycles. The lowest BCUT2D eigenvalue weighted by Gasteiger charge is -2.36. The van der Waals surface area contributed by atoms with E-state index >= 15 is 0 Å². The lowest BCUT2D eigenvalue weighted by Crippen LogP contribution is -2.39. The van der Waals surface area contributed by atoms with Crippen molar-refractivity contribution < 1.29 is 19.1 Å². The van der Waals surface area contributed by atoms with Gasteiger partial charge >= 0.3 is 5.97 Å². The number of ketones is 1. The lowest BCUT2D eigenvalue weighted by molar-refractivity contribution is -0.154. The summed E-state index contributed by atoms with van der Waals surface area (Å²) in [6.45, 7) is 5.63. The van der Waals surface area contributed by atoms with Crippen LogP contribution in [0.2, 0.25) is 0 Å². The van der Waals surface area contributed by atoms with Gasteiger partial charge in [-0.05, 0) is 62.8 Å². The fraction of sp³-hybridized carbons (Fsp3) is 0.500. The van der Waals surface area contributed by atoms with Crippen molar-refractivity contribution >= 4 is 39.8 Å². The summed E-state index contributed by atoms with van der Waals surface area (Å²) < 4.78 is 5.55. The zero-order valence-corrected chi connectivity index (χ0v) is 19.0. The van der Waals surface area contributed by atoms with Gasteiger partial charge in [0.15, 0.2) is 5.13 Å². The van der Waals surface area contributed by atoms with Crippen LogP contribution in [0.25, 0.3) is 0 Å². The number of esters is 1. The van der Waals surface area contributed by atoms with Crippen molar-refractivity contribution in [2.45, 2.75) is 59.5 Å². The number of carbonyl (C=O) groups is 3. The molecule has 2 aliphatic rings. The molecule has 0 N–H and O–H groups in total. The number of ether oxygens (including phenoxy) is 1. The van der Waals surface area contributed by atoms with Gasteiger partial charge in [-0.1, -0.05) is 12.5 Å². The first-order chi connectivity index (χ1) is 14.8. The predicted octanol–water partition coefficient (Wildman–Crippen LogP) is 4.88. The second-order valence-corrected chi connectivity index (χ2v) is 9.58. The highest BCUT2D eigenvalue weighted by Crippen LogP contribution is 2.40. The minimum atomic E-state index is -0.239. The zero-order valence-electron chi connectivity index (χ0n) is 18.2. The van der Waals surface area contributed by atoms with Crippen LogP contribution < -0.4 is 4.90 Å². The van der Waals surface area contributed by atoms with Crippen molar-refractivity contribution in [3.63, 3.8) is 0 Å². The van der Waals surface area contributed by atoms with Gasteiger partial charge in [0.25, 0.3) is 0 Å². The molecule has 7 heteroatoms. The van der Waals surface area contributed by atoms with E-state index in [1.54, 1.807) is 4.90 Å². The monoisotopic (exact) mass is 440 g/mol. The average molecular weight is 441 g/mol. The molecule has 6 nitrogen and oxygen atoms in total. The molecule has 1 aromatic carbocycles. The summed E-state index contributed by atoms with van der Waals surface area (Å²) in [5.74, 6) is -0.169. The summed E-state index contributed by atoms with van der Waals surface area (Å²) in [4.78, 5) is 43.3. The molecule has 0 radical (unpaired) electrons. The third-order valence-corrected chi connectivity index (χ3v) is 7.41. The van der Waals surface area contributed by atoms with Crippen molar-refractivity contribution in [2.24, 2.45) is 17.8 Å². The fourth-order valence-electron chi connectivity index (χ4n) is 4.69. The topological polar surface area (TPSA) is 76.6 Å². The summed E-state index contributed by atoms with van der Waals surface area (Å²) in [5.41, 5.74) is 3.65. The third kappa shape index (κ3) is 4.56. The average Bonchev–Trinajstić information content (AvgIpc) is 3.17. The molecule has 0 spiro atoms. The standard InChI is InChI=1S/C24H28N2O4S/c1-14-7-8-21(9-15(14)2)26(16(3)27)24-25-20(13-31-24)12-30-23(29)19-10-17-5-4-6-18(11-19)22(17)28/h7-9,13,17-19H,4-6,10-12H2,1-3H3/t17-,18+,19?. The van der Waals surface area contributed by atoms with E-state index in [-0.39, 0.29) is 36.2 Å². The van der Waals surface area contributed by atoms with Gasteiger partial charge in [-0.3, -0.25) is 19.3 Å². The molecule has 2 aliphatic carbocycles. The number of rotatable bonds is 5. The quantitative estimate of drug-likeness (QED) is 0.619. The second-order valence-electron chi connectivity index (χ2n) is 8.75. The number of nitrogens with zero attached hydrogens (tertiary/aromatic N) is 2. The smallest absolute Gasteiger partial charge is 0.309 e. The van der Waals surface area contributed by atoms with E-state index in [2.05, 4.69) is 4.98 Å². The Hall–Kier alpha value is -2.54. The highest BCUT2D eigenvalue weighted by Gasteiger charge is 2.41. The molecule has 164 valence electrons. The molecule has 4 rings (SSSR count). The molecular weight excluding hydrogens is 412 g/mol. The van der Waals surface area contributed by atoms with Crippen LogP contribution in [-0.4, -0.2) is 22.6 Å². The van der Waals surface area contributed by atoms with Crippen LogP contribution in [0.4, 0.5) is 10.8 Å². The molecule has 0 aliphatic heterocycles. The maximum atomic E-state index is 12.6. The zero-order chi connectivity index (χ0) is 22.1. The molecule has 1 amide bonds. The first kappa shape index (κ1) is 21.7. The Labute approximate surface area is 186 Å². The number of hydrogen-bond donors (Lipinski definition) is 0. The van der Waals surface area contributed by atoms with Gasteiger partial charge < -0.3 is 4.74 Å². The van der Waals surface area contributed by atoms with Crippen LogP contribution in [0.3, 0.4) is 0 Å². The molecule has 0 saturated heterocycles. The molecule has 3 atom stereocenters.